The van der Waals surface area contributed by atoms with E-state index in [4.69, 9.17) is 4.74 Å². The molecule has 2 aromatic carbocycles. The standard InChI is InChI=1S/C21H17F6NO2/c1-3-19(18(29)30-2,12-14-7-5-4-6-8-14)28-13-15-9-16(20(22,23)24)11-17(10-15)21(25,26)27/h3-11,13H,1,12H2,2H3/t19-/m1/s1. The molecule has 2 rings (SSSR count). The van der Waals surface area contributed by atoms with E-state index in [1.54, 1.807) is 30.3 Å². The Morgan fingerprint density at radius 2 is 1.53 bits per heavy atom. The first-order valence-corrected chi connectivity index (χ1v) is 8.52. The van der Waals surface area contributed by atoms with Gasteiger partial charge in [-0.2, -0.15) is 26.3 Å². The van der Waals surface area contributed by atoms with Crippen molar-refractivity contribution in [3.63, 3.8) is 0 Å². The molecule has 30 heavy (non-hydrogen) atoms. The van der Waals surface area contributed by atoms with Crippen LogP contribution in [0.4, 0.5) is 26.3 Å². The van der Waals surface area contributed by atoms with Gasteiger partial charge in [0, 0.05) is 12.6 Å². The number of ether oxygens (including phenoxy) is 1. The Labute approximate surface area is 168 Å². The van der Waals surface area contributed by atoms with E-state index in [0.29, 0.717) is 17.7 Å². The van der Waals surface area contributed by atoms with Gasteiger partial charge in [-0.15, -0.1) is 6.58 Å². The molecular weight excluding hydrogens is 412 g/mol. The zero-order chi connectivity index (χ0) is 22.6. The maximum absolute atomic E-state index is 13.0. The molecule has 0 aliphatic rings. The Morgan fingerprint density at radius 3 is 1.97 bits per heavy atom. The molecule has 0 unspecified atom stereocenters. The van der Waals surface area contributed by atoms with Crippen molar-refractivity contribution in [3.05, 3.63) is 83.4 Å². The van der Waals surface area contributed by atoms with Crippen molar-refractivity contribution in [1.82, 2.24) is 0 Å². The van der Waals surface area contributed by atoms with E-state index in [0.717, 1.165) is 19.4 Å². The number of halogens is 6. The van der Waals surface area contributed by atoms with Gasteiger partial charge >= 0.3 is 18.3 Å². The maximum Gasteiger partial charge on any atom is 0.416 e. The quantitative estimate of drug-likeness (QED) is 0.264. The molecule has 0 bridgehead atoms. The molecule has 2 aromatic rings. The topological polar surface area (TPSA) is 38.7 Å². The highest BCUT2D eigenvalue weighted by Gasteiger charge is 2.38. The fourth-order valence-corrected chi connectivity index (χ4v) is 2.71. The summed E-state index contributed by atoms with van der Waals surface area (Å²) in [5, 5.41) is 0. The highest BCUT2D eigenvalue weighted by Crippen LogP contribution is 2.36. The second kappa shape index (κ2) is 8.73. The zero-order valence-electron chi connectivity index (χ0n) is 15.7. The van der Waals surface area contributed by atoms with Gasteiger partial charge in [0.25, 0.3) is 0 Å². The van der Waals surface area contributed by atoms with E-state index in [-0.39, 0.29) is 12.5 Å². The fourth-order valence-electron chi connectivity index (χ4n) is 2.71. The minimum atomic E-state index is -4.99. The molecule has 0 aliphatic heterocycles. The summed E-state index contributed by atoms with van der Waals surface area (Å²) in [6.45, 7) is 3.55. The fraction of sp³-hybridized carbons (Fsp3) is 0.238. The first kappa shape index (κ1) is 23.2. The SMILES string of the molecule is C=C[C@](Cc1ccccc1)(N=Cc1cc(C(F)(F)F)cc(C(F)(F)F)c1)C(=O)OC. The van der Waals surface area contributed by atoms with Crippen LogP contribution in [-0.2, 0) is 28.3 Å². The zero-order valence-corrected chi connectivity index (χ0v) is 15.7. The number of hydrogen-bond donors (Lipinski definition) is 0. The molecule has 0 heterocycles. The number of nitrogens with zero attached hydrogens (tertiary/aromatic N) is 1. The molecule has 0 spiro atoms. The number of methoxy groups -OCH3 is 1. The van der Waals surface area contributed by atoms with Crippen LogP contribution in [-0.4, -0.2) is 24.8 Å². The van der Waals surface area contributed by atoms with Crippen LogP contribution in [0.5, 0.6) is 0 Å². The number of hydrogen-bond acceptors (Lipinski definition) is 3. The molecule has 0 fully saturated rings. The van der Waals surface area contributed by atoms with Crippen LogP contribution in [0.15, 0.2) is 66.2 Å². The Balaban J connectivity index is 2.55. The van der Waals surface area contributed by atoms with Crippen LogP contribution < -0.4 is 0 Å². The van der Waals surface area contributed by atoms with Crippen molar-refractivity contribution >= 4 is 12.2 Å². The third kappa shape index (κ3) is 5.49. The van der Waals surface area contributed by atoms with Gasteiger partial charge in [-0.05, 0) is 29.3 Å². The molecule has 9 heteroatoms. The number of rotatable bonds is 6. The maximum atomic E-state index is 13.0. The second-order valence-electron chi connectivity index (χ2n) is 6.38. The van der Waals surface area contributed by atoms with Gasteiger partial charge in [-0.3, -0.25) is 4.99 Å². The molecule has 0 saturated carbocycles. The summed E-state index contributed by atoms with van der Waals surface area (Å²) in [6, 6.07) is 9.56. The summed E-state index contributed by atoms with van der Waals surface area (Å²) in [6.07, 6.45) is -8.12. The summed E-state index contributed by atoms with van der Waals surface area (Å²) in [5.74, 6) is -0.861. The molecule has 0 saturated heterocycles. The molecule has 1 atom stereocenters. The van der Waals surface area contributed by atoms with E-state index < -0.39 is 40.6 Å². The molecule has 3 nitrogen and oxygen atoms in total. The van der Waals surface area contributed by atoms with Gasteiger partial charge in [-0.1, -0.05) is 36.4 Å². The molecule has 160 valence electrons. The Morgan fingerprint density at radius 1 is 1.00 bits per heavy atom. The van der Waals surface area contributed by atoms with Gasteiger partial charge in [-0.25, -0.2) is 4.79 Å². The number of benzene rings is 2. The number of alkyl halides is 6. The van der Waals surface area contributed by atoms with E-state index >= 15 is 0 Å². The predicted molar refractivity (Wildman–Crippen MR) is 99.1 cm³/mol. The van der Waals surface area contributed by atoms with E-state index in [2.05, 4.69) is 11.6 Å². The lowest BCUT2D eigenvalue weighted by Crippen LogP contribution is -2.38. The Kier molecular flexibility index (Phi) is 6.74. The van der Waals surface area contributed by atoms with E-state index in [1.807, 2.05) is 0 Å². The summed E-state index contributed by atoms with van der Waals surface area (Å²) in [7, 11) is 1.09. The van der Waals surface area contributed by atoms with Gasteiger partial charge in [0.05, 0.1) is 18.2 Å². The van der Waals surface area contributed by atoms with Crippen molar-refractivity contribution in [2.45, 2.75) is 24.3 Å². The van der Waals surface area contributed by atoms with Crippen LogP contribution in [0, 0.1) is 0 Å². The molecule has 0 aliphatic carbocycles. The van der Waals surface area contributed by atoms with Crippen LogP contribution in [0.25, 0.3) is 0 Å². The lowest BCUT2D eigenvalue weighted by molar-refractivity contribution is -0.145. The van der Waals surface area contributed by atoms with Gasteiger partial charge in [0.1, 0.15) is 0 Å². The molecule has 0 radical (unpaired) electrons. The van der Waals surface area contributed by atoms with Gasteiger partial charge < -0.3 is 4.74 Å². The van der Waals surface area contributed by atoms with Crippen LogP contribution >= 0.6 is 0 Å². The van der Waals surface area contributed by atoms with Crippen molar-refractivity contribution < 1.29 is 35.9 Å². The lowest BCUT2D eigenvalue weighted by Gasteiger charge is -2.23. The lowest BCUT2D eigenvalue weighted by atomic mass is 9.91. The van der Waals surface area contributed by atoms with Gasteiger partial charge in [0.15, 0.2) is 5.54 Å². The minimum absolute atomic E-state index is 0.0162. The average molecular weight is 429 g/mol. The van der Waals surface area contributed by atoms with Crippen molar-refractivity contribution in [2.75, 3.05) is 7.11 Å². The first-order valence-electron chi connectivity index (χ1n) is 8.52. The van der Waals surface area contributed by atoms with Crippen molar-refractivity contribution in [3.8, 4) is 0 Å². The van der Waals surface area contributed by atoms with Crippen LogP contribution in [0.1, 0.15) is 22.3 Å². The molecule has 0 N–H and O–H groups in total. The molecule has 0 amide bonds. The number of carbonyl (C=O) groups excluding carboxylic acids is 1. The average Bonchev–Trinajstić information content (AvgIpc) is 2.69. The first-order chi connectivity index (χ1) is 13.9. The summed E-state index contributed by atoms with van der Waals surface area (Å²) in [5.41, 5.74) is -4.53. The van der Waals surface area contributed by atoms with Crippen LogP contribution in [0.2, 0.25) is 0 Å². The number of aliphatic imine (C=N–C) groups is 1. The van der Waals surface area contributed by atoms with Crippen molar-refractivity contribution in [1.29, 1.82) is 0 Å². The second-order valence-corrected chi connectivity index (χ2v) is 6.38. The summed E-state index contributed by atoms with van der Waals surface area (Å²) < 4.78 is 83.0. The van der Waals surface area contributed by atoms with Gasteiger partial charge in [0.2, 0.25) is 0 Å². The smallest absolute Gasteiger partial charge is 0.416 e. The predicted octanol–water partition coefficient (Wildman–Crippen LogP) is 5.48. The third-order valence-corrected chi connectivity index (χ3v) is 4.25. The van der Waals surface area contributed by atoms with Crippen LogP contribution in [0.3, 0.4) is 0 Å². The normalized spacial score (nSPS) is 14.4. The highest BCUT2D eigenvalue weighted by atomic mass is 19.4. The highest BCUT2D eigenvalue weighted by molar-refractivity contribution is 5.89. The number of carbonyl (C=O) groups is 1. The largest absolute Gasteiger partial charge is 0.467 e. The van der Waals surface area contributed by atoms with E-state index in [9.17, 15) is 31.1 Å². The molecular formula is C21H17F6NO2. The Bertz CT molecular complexity index is 902. The minimum Gasteiger partial charge on any atom is -0.467 e. The van der Waals surface area contributed by atoms with E-state index in [1.165, 1.54) is 0 Å². The third-order valence-electron chi connectivity index (χ3n) is 4.25. The summed E-state index contributed by atoms with van der Waals surface area (Å²) in [4.78, 5) is 16.4. The number of esters is 1. The molecule has 0 aromatic heterocycles. The monoisotopic (exact) mass is 429 g/mol. The Hall–Kier alpha value is -3.10. The van der Waals surface area contributed by atoms with Crippen molar-refractivity contribution in [2.24, 2.45) is 4.99 Å². The summed E-state index contributed by atoms with van der Waals surface area (Å²) >= 11 is 0.